The number of hydrogen-bond donors (Lipinski definition) is 3. The molecule has 0 bridgehead atoms. The van der Waals surface area contributed by atoms with Crippen LogP contribution in [0.1, 0.15) is 10.4 Å². The van der Waals surface area contributed by atoms with Crippen molar-refractivity contribution in [1.82, 2.24) is 5.32 Å². The predicted molar refractivity (Wildman–Crippen MR) is 123 cm³/mol. The van der Waals surface area contributed by atoms with Crippen molar-refractivity contribution in [2.75, 3.05) is 17.7 Å². The van der Waals surface area contributed by atoms with Gasteiger partial charge in [0.15, 0.2) is 5.11 Å². The SMILES string of the molecule is CNC(=S)Nc1ccc(-c2ccc(NC(=O)c3cc([N+](=O)[O-])ccc3Cl)cc2)cc1. The molecule has 0 aliphatic rings. The first-order chi connectivity index (χ1) is 14.4. The summed E-state index contributed by atoms with van der Waals surface area (Å²) in [6.45, 7) is 0. The maximum absolute atomic E-state index is 12.5. The second-order valence-electron chi connectivity index (χ2n) is 6.23. The molecule has 1 amide bonds. The fraction of sp³-hybridized carbons (Fsp3) is 0.0476. The molecule has 0 saturated heterocycles. The minimum Gasteiger partial charge on any atom is -0.366 e. The van der Waals surface area contributed by atoms with E-state index in [1.807, 2.05) is 36.4 Å². The molecule has 7 nitrogen and oxygen atoms in total. The van der Waals surface area contributed by atoms with Crippen LogP contribution in [0.3, 0.4) is 0 Å². The fourth-order valence-electron chi connectivity index (χ4n) is 2.68. The van der Waals surface area contributed by atoms with E-state index in [0.29, 0.717) is 10.8 Å². The molecule has 152 valence electrons. The van der Waals surface area contributed by atoms with Crippen LogP contribution in [0.15, 0.2) is 66.7 Å². The number of hydrogen-bond acceptors (Lipinski definition) is 4. The summed E-state index contributed by atoms with van der Waals surface area (Å²) >= 11 is 11.1. The molecule has 0 unspecified atom stereocenters. The fourth-order valence-corrected chi connectivity index (χ4v) is 3.01. The number of non-ortho nitro benzene ring substituents is 1. The molecule has 3 N–H and O–H groups in total. The molecule has 0 fully saturated rings. The van der Waals surface area contributed by atoms with Crippen LogP contribution in [0.4, 0.5) is 17.1 Å². The van der Waals surface area contributed by atoms with Gasteiger partial charge in [0.1, 0.15) is 0 Å². The third-order valence-corrected chi connectivity index (χ3v) is 4.89. The summed E-state index contributed by atoms with van der Waals surface area (Å²) < 4.78 is 0. The number of nitrogens with zero attached hydrogens (tertiary/aromatic N) is 1. The number of rotatable bonds is 5. The molecular weight excluding hydrogens is 424 g/mol. The van der Waals surface area contributed by atoms with Gasteiger partial charge < -0.3 is 16.0 Å². The molecule has 0 aliphatic heterocycles. The van der Waals surface area contributed by atoms with Gasteiger partial charge in [0.2, 0.25) is 0 Å². The van der Waals surface area contributed by atoms with E-state index in [0.717, 1.165) is 22.9 Å². The molecule has 9 heteroatoms. The third-order valence-electron chi connectivity index (χ3n) is 4.25. The Bertz CT molecular complexity index is 1100. The number of nitrogens with one attached hydrogen (secondary N) is 3. The molecule has 0 radical (unpaired) electrons. The highest BCUT2D eigenvalue weighted by molar-refractivity contribution is 7.80. The first-order valence-electron chi connectivity index (χ1n) is 8.82. The van der Waals surface area contributed by atoms with E-state index in [1.165, 1.54) is 12.1 Å². The Kier molecular flexibility index (Phi) is 6.61. The summed E-state index contributed by atoms with van der Waals surface area (Å²) in [5.74, 6) is -0.521. The van der Waals surface area contributed by atoms with Crippen molar-refractivity contribution in [3.8, 4) is 11.1 Å². The van der Waals surface area contributed by atoms with Crippen LogP contribution < -0.4 is 16.0 Å². The minimum atomic E-state index is -0.574. The molecular formula is C21H17ClN4O3S. The van der Waals surface area contributed by atoms with Gasteiger partial charge in [-0.15, -0.1) is 0 Å². The Balaban J connectivity index is 1.72. The normalized spacial score (nSPS) is 10.2. The smallest absolute Gasteiger partial charge is 0.270 e. The molecule has 3 aromatic carbocycles. The van der Waals surface area contributed by atoms with Gasteiger partial charge in [-0.3, -0.25) is 14.9 Å². The van der Waals surface area contributed by atoms with Gasteiger partial charge in [0, 0.05) is 30.6 Å². The Labute approximate surface area is 183 Å². The maximum atomic E-state index is 12.5. The molecule has 0 saturated carbocycles. The molecule has 0 aromatic heterocycles. The predicted octanol–water partition coefficient (Wildman–Crippen LogP) is 5.08. The highest BCUT2D eigenvalue weighted by Crippen LogP contribution is 2.25. The zero-order chi connectivity index (χ0) is 21.7. The number of nitro benzene ring substituents is 1. The molecule has 0 spiro atoms. The zero-order valence-electron chi connectivity index (χ0n) is 15.8. The summed E-state index contributed by atoms with van der Waals surface area (Å²) in [6.07, 6.45) is 0. The van der Waals surface area contributed by atoms with E-state index in [2.05, 4.69) is 16.0 Å². The molecule has 0 heterocycles. The summed E-state index contributed by atoms with van der Waals surface area (Å²) in [6, 6.07) is 18.7. The van der Waals surface area contributed by atoms with E-state index in [1.54, 1.807) is 19.2 Å². The van der Waals surface area contributed by atoms with Crippen LogP contribution >= 0.6 is 23.8 Å². The zero-order valence-corrected chi connectivity index (χ0v) is 17.4. The van der Waals surface area contributed by atoms with Crippen molar-refractivity contribution in [1.29, 1.82) is 0 Å². The van der Waals surface area contributed by atoms with Crippen LogP contribution in [0.25, 0.3) is 11.1 Å². The van der Waals surface area contributed by atoms with Crippen molar-refractivity contribution in [3.05, 3.63) is 87.4 Å². The van der Waals surface area contributed by atoms with Crippen LogP contribution in [0.5, 0.6) is 0 Å². The Hall–Kier alpha value is -3.49. The van der Waals surface area contributed by atoms with Crippen molar-refractivity contribution in [3.63, 3.8) is 0 Å². The second-order valence-corrected chi connectivity index (χ2v) is 7.05. The summed E-state index contributed by atoms with van der Waals surface area (Å²) in [4.78, 5) is 22.8. The van der Waals surface area contributed by atoms with Crippen LogP contribution in [-0.2, 0) is 0 Å². The lowest BCUT2D eigenvalue weighted by atomic mass is 10.0. The van der Waals surface area contributed by atoms with Gasteiger partial charge in [0.25, 0.3) is 11.6 Å². The van der Waals surface area contributed by atoms with Gasteiger partial charge in [0.05, 0.1) is 15.5 Å². The number of anilines is 2. The van der Waals surface area contributed by atoms with Crippen molar-refractivity contribution >= 4 is 51.9 Å². The lowest BCUT2D eigenvalue weighted by Gasteiger charge is -2.10. The van der Waals surface area contributed by atoms with Gasteiger partial charge >= 0.3 is 0 Å². The number of thiocarbonyl (C=S) groups is 1. The van der Waals surface area contributed by atoms with Gasteiger partial charge in [-0.05, 0) is 53.7 Å². The highest BCUT2D eigenvalue weighted by atomic mass is 35.5. The highest BCUT2D eigenvalue weighted by Gasteiger charge is 2.16. The average Bonchev–Trinajstić information content (AvgIpc) is 2.75. The van der Waals surface area contributed by atoms with E-state index in [4.69, 9.17) is 23.8 Å². The summed E-state index contributed by atoms with van der Waals surface area (Å²) in [5, 5.41) is 20.2. The molecule has 0 atom stereocenters. The largest absolute Gasteiger partial charge is 0.366 e. The van der Waals surface area contributed by atoms with Crippen molar-refractivity contribution in [2.45, 2.75) is 0 Å². The topological polar surface area (TPSA) is 96.3 Å². The van der Waals surface area contributed by atoms with Gasteiger partial charge in [-0.1, -0.05) is 35.9 Å². The first kappa shape index (κ1) is 21.2. The number of nitro groups is 1. The average molecular weight is 441 g/mol. The van der Waals surface area contributed by atoms with Crippen LogP contribution in [-0.4, -0.2) is 23.0 Å². The number of benzene rings is 3. The summed E-state index contributed by atoms with van der Waals surface area (Å²) in [5.41, 5.74) is 3.21. The number of amides is 1. The number of carbonyl (C=O) groups is 1. The Morgan fingerprint density at radius 1 is 0.933 bits per heavy atom. The van der Waals surface area contributed by atoms with Crippen molar-refractivity contribution in [2.24, 2.45) is 0 Å². The first-order valence-corrected chi connectivity index (χ1v) is 9.60. The minimum absolute atomic E-state index is 0.0394. The van der Waals surface area contributed by atoms with Gasteiger partial charge in [-0.25, -0.2) is 0 Å². The molecule has 0 aliphatic carbocycles. The number of halogens is 1. The second kappa shape index (κ2) is 9.34. The van der Waals surface area contributed by atoms with Crippen LogP contribution in [0.2, 0.25) is 5.02 Å². The lowest BCUT2D eigenvalue weighted by Crippen LogP contribution is -2.23. The monoisotopic (exact) mass is 440 g/mol. The lowest BCUT2D eigenvalue weighted by molar-refractivity contribution is -0.384. The van der Waals surface area contributed by atoms with Crippen LogP contribution in [0, 0.1) is 10.1 Å². The maximum Gasteiger partial charge on any atom is 0.270 e. The van der Waals surface area contributed by atoms with E-state index >= 15 is 0 Å². The quantitative estimate of drug-likeness (QED) is 0.291. The van der Waals surface area contributed by atoms with E-state index < -0.39 is 10.8 Å². The number of carbonyl (C=O) groups excluding carboxylic acids is 1. The van der Waals surface area contributed by atoms with Gasteiger partial charge in [-0.2, -0.15) is 0 Å². The molecule has 3 rings (SSSR count). The van der Waals surface area contributed by atoms with Crippen molar-refractivity contribution < 1.29 is 9.72 Å². The molecule has 30 heavy (non-hydrogen) atoms. The Morgan fingerprint density at radius 2 is 1.47 bits per heavy atom. The van der Waals surface area contributed by atoms with E-state index in [9.17, 15) is 14.9 Å². The third kappa shape index (κ3) is 5.11. The van der Waals surface area contributed by atoms with E-state index in [-0.39, 0.29) is 16.3 Å². The molecule has 3 aromatic rings. The standard InChI is InChI=1S/C21H17ClN4O3S/c1-23-21(30)25-16-8-4-14(5-9-16)13-2-6-15(7-3-13)24-20(27)18-12-17(26(28)29)10-11-19(18)22/h2-12H,1H3,(H,24,27)(H2,23,25,30). The Morgan fingerprint density at radius 3 is 1.97 bits per heavy atom. The summed E-state index contributed by atoms with van der Waals surface area (Å²) in [7, 11) is 1.75.